The molecule has 8 N–H and O–H groups in total. The minimum Gasteiger partial charge on any atom is -0.457 e. The minimum atomic E-state index is -1.88. The summed E-state index contributed by atoms with van der Waals surface area (Å²) in [5, 5.41) is 54.4. The molecule has 92 heavy (non-hydrogen) atoms. The zero-order chi connectivity index (χ0) is 67.4. The van der Waals surface area contributed by atoms with Crippen LogP contribution in [0.2, 0.25) is 5.02 Å². The number of ether oxygens (including phenoxy) is 7. The van der Waals surface area contributed by atoms with Crippen molar-refractivity contribution in [3.05, 3.63) is 88.1 Å². The minimum absolute atomic E-state index is 0.00138. The molecule has 14 atom stereocenters. The van der Waals surface area contributed by atoms with E-state index in [4.69, 9.17) is 44.8 Å². The van der Waals surface area contributed by atoms with Gasteiger partial charge in [0.05, 0.1) is 75.2 Å². The molecule has 26 nitrogen and oxygen atoms in total. The van der Waals surface area contributed by atoms with Crippen LogP contribution in [0.5, 0.6) is 0 Å². The summed E-state index contributed by atoms with van der Waals surface area (Å²) < 4.78 is 43.0. The summed E-state index contributed by atoms with van der Waals surface area (Å²) in [6.45, 7) is 13.4. The number of halogens is 1. The lowest BCUT2D eigenvalue weighted by Gasteiger charge is -2.42. The number of aryl methyl sites for hydroxylation is 2. The lowest BCUT2D eigenvalue weighted by molar-refractivity contribution is -0.213. The molecule has 7 rings (SSSR count). The average Bonchev–Trinajstić information content (AvgIpc) is 1.57. The first-order chi connectivity index (χ1) is 43.6. The van der Waals surface area contributed by atoms with Crippen LogP contribution in [0.15, 0.2) is 66.3 Å². The largest absolute Gasteiger partial charge is 0.457 e. The third-order valence-corrected chi connectivity index (χ3v) is 18.4. The second-order valence-electron chi connectivity index (χ2n) is 24.7. The number of aliphatic hydroxyl groups is 4. The van der Waals surface area contributed by atoms with Crippen molar-refractivity contribution in [1.82, 2.24) is 35.6 Å². The van der Waals surface area contributed by atoms with E-state index in [0.29, 0.717) is 23.7 Å². The van der Waals surface area contributed by atoms with Crippen LogP contribution in [-0.4, -0.2) is 223 Å². The van der Waals surface area contributed by atoms with Crippen molar-refractivity contribution in [2.45, 2.75) is 172 Å². The smallest absolute Gasteiger partial charge is 0.409 e. The topological polar surface area (TPSA) is 331 Å². The van der Waals surface area contributed by atoms with Crippen LogP contribution in [-0.2, 0) is 81.4 Å². The van der Waals surface area contributed by atoms with Crippen LogP contribution in [0.25, 0.3) is 10.9 Å². The Balaban J connectivity index is 0.916. The number of alkyl carbamates (subject to hydrolysis) is 1. The number of para-hydroxylation sites is 1. The molecule has 1 aromatic heterocycles. The lowest BCUT2D eigenvalue weighted by atomic mass is 9.83. The lowest BCUT2D eigenvalue weighted by Crippen LogP contribution is -2.63. The summed E-state index contributed by atoms with van der Waals surface area (Å²) in [5.41, 5.74) is 1.72. The van der Waals surface area contributed by atoms with Gasteiger partial charge in [-0.15, -0.1) is 0 Å². The van der Waals surface area contributed by atoms with E-state index in [0.717, 1.165) is 39.8 Å². The molecule has 5 heterocycles. The van der Waals surface area contributed by atoms with E-state index < -0.39 is 139 Å². The van der Waals surface area contributed by atoms with E-state index in [9.17, 15) is 54.0 Å². The van der Waals surface area contributed by atoms with Gasteiger partial charge in [0.25, 0.3) is 0 Å². The Morgan fingerprint density at radius 3 is 2.39 bits per heavy atom. The molecule has 0 radical (unpaired) electrons. The van der Waals surface area contributed by atoms with Gasteiger partial charge in [-0.1, -0.05) is 80.4 Å². The molecule has 0 spiro atoms. The molecule has 4 bridgehead atoms. The maximum Gasteiger partial charge on any atom is 0.409 e. The van der Waals surface area contributed by atoms with Crippen molar-refractivity contribution in [2.75, 3.05) is 79.3 Å². The molecule has 6 amide bonds. The number of hydrogen-bond donors (Lipinski definition) is 8. The summed E-state index contributed by atoms with van der Waals surface area (Å²) in [6, 6.07) is 11.2. The van der Waals surface area contributed by atoms with Gasteiger partial charge in [-0.2, -0.15) is 0 Å². The fourth-order valence-corrected chi connectivity index (χ4v) is 12.1. The Hall–Kier alpha value is -6.56. The second-order valence-corrected chi connectivity index (χ2v) is 25.1. The predicted octanol–water partition coefficient (Wildman–Crippen LogP) is 2.92. The number of benzene rings is 2. The summed E-state index contributed by atoms with van der Waals surface area (Å²) in [4.78, 5) is 101. The number of esters is 1. The summed E-state index contributed by atoms with van der Waals surface area (Å²) in [7, 11) is 6.43. The molecule has 3 fully saturated rings. The number of aromatic nitrogens is 1. The Morgan fingerprint density at radius 2 is 1.68 bits per heavy atom. The maximum atomic E-state index is 14.4. The standard InChI is InChI=1S/C65H93ClN8O18/c1-12-71(8)35-44-31-43-17-13-14-18-46(43)74(44)23-20-52(76)68-45(32-53(77)69-61-40(5)57(80)58(81)49(36-75)89-61)60(82)67-22-25-88-27-26-87-24-21-54(78)72(9)41(6)62(83)91-51-33-55(79)73(10)47-30-42(29-38(3)56(47)66)28-37(2)16-15-19-50(86-11)65(85)34-48(90-63(84)70-65)39(4)59-64(51,7)92-59/h13-19,29-31,39-41,45,48-51,57-59,61,75,80-81,85H,12,20-28,32-36H2,1-11H3,(H,67,82)(H,68,76)(H,69,77)(H,70,84)/b19-15+,37-16+/t39-,40-,41+,45+,48+,49-,50-,51+,57-,58-,59?,61-,64+,65-/m1/s1. The Bertz CT molecular complexity index is 3160. The number of amides is 6. The number of rotatable bonds is 25. The zero-order valence-electron chi connectivity index (χ0n) is 54.5. The highest BCUT2D eigenvalue weighted by Crippen LogP contribution is 2.49. The van der Waals surface area contributed by atoms with Crippen LogP contribution in [0.1, 0.15) is 90.5 Å². The normalized spacial score (nSPS) is 28.4. The number of anilines is 1. The van der Waals surface area contributed by atoms with Crippen molar-refractivity contribution in [3.8, 4) is 0 Å². The Labute approximate surface area is 542 Å². The van der Waals surface area contributed by atoms with Crippen molar-refractivity contribution in [2.24, 2.45) is 11.8 Å². The van der Waals surface area contributed by atoms with Gasteiger partial charge in [-0.25, -0.2) is 9.59 Å². The van der Waals surface area contributed by atoms with E-state index in [-0.39, 0.29) is 65.2 Å². The highest BCUT2D eigenvalue weighted by Gasteiger charge is 2.64. The van der Waals surface area contributed by atoms with E-state index in [1.165, 1.54) is 30.9 Å². The fourth-order valence-electron chi connectivity index (χ4n) is 11.8. The van der Waals surface area contributed by atoms with Crippen molar-refractivity contribution >= 4 is 69.8 Å². The van der Waals surface area contributed by atoms with Crippen LogP contribution >= 0.6 is 11.6 Å². The number of epoxide rings is 1. The van der Waals surface area contributed by atoms with Gasteiger partial charge >= 0.3 is 12.1 Å². The molecule has 1 unspecified atom stereocenters. The molecule has 2 aromatic carbocycles. The van der Waals surface area contributed by atoms with Gasteiger partial charge in [0.1, 0.15) is 54.4 Å². The number of nitrogens with zero attached hydrogens (tertiary/aromatic N) is 4. The summed E-state index contributed by atoms with van der Waals surface area (Å²) in [5.74, 6) is -5.01. The van der Waals surface area contributed by atoms with Gasteiger partial charge in [0.2, 0.25) is 29.5 Å². The van der Waals surface area contributed by atoms with E-state index >= 15 is 0 Å². The van der Waals surface area contributed by atoms with Gasteiger partial charge in [-0.3, -0.25) is 29.3 Å². The van der Waals surface area contributed by atoms with Crippen LogP contribution < -0.4 is 26.2 Å². The molecule has 0 saturated carbocycles. The molecule has 508 valence electrons. The van der Waals surface area contributed by atoms with Crippen LogP contribution in [0, 0.1) is 18.8 Å². The Morgan fingerprint density at radius 1 is 0.967 bits per heavy atom. The second kappa shape index (κ2) is 32.5. The predicted molar refractivity (Wildman–Crippen MR) is 339 cm³/mol. The highest BCUT2D eigenvalue weighted by atomic mass is 35.5. The van der Waals surface area contributed by atoms with Gasteiger partial charge in [0, 0.05) is 76.7 Å². The van der Waals surface area contributed by atoms with Gasteiger partial charge in [0.15, 0.2) is 5.72 Å². The third kappa shape index (κ3) is 18.2. The monoisotopic (exact) mass is 1310 g/mol. The SMILES string of the molecule is CCN(C)Cc1cc2ccccc2n1CCC(=O)N[C@@H](CC(=O)N[C@@H]1O[C@H](CO)[C@@H](O)[C@H](O)[C@H]1C)C(=O)NCCOCCOCCC(=O)N(C)[C@@H](C)C(=O)O[C@H]1CC(=O)N(C)c2cc(cc(C)c2Cl)C/C(C)=C/C=C/[C@@H](OC)[C@]2(O)C[C@H](OC(=O)N2)[C@@H](C)C2O[C@]21C. The van der Waals surface area contributed by atoms with E-state index in [2.05, 4.69) is 36.8 Å². The summed E-state index contributed by atoms with van der Waals surface area (Å²) >= 11 is 6.85. The maximum absolute atomic E-state index is 14.4. The molecule has 4 aliphatic rings. The highest BCUT2D eigenvalue weighted by molar-refractivity contribution is 6.34. The molecule has 27 heteroatoms. The molecular formula is C65H93ClN8O18. The first-order valence-corrected chi connectivity index (χ1v) is 31.7. The fraction of sp³-hybridized carbons (Fsp3) is 0.615. The Kier molecular flexibility index (Phi) is 25.8. The molecule has 4 aliphatic heterocycles. The zero-order valence-corrected chi connectivity index (χ0v) is 55.2. The van der Waals surface area contributed by atoms with Gasteiger partial charge in [-0.05, 0) is 82.4 Å². The van der Waals surface area contributed by atoms with E-state index in [1.807, 2.05) is 70.3 Å². The number of nitrogens with one attached hydrogen (secondary N) is 4. The van der Waals surface area contributed by atoms with Crippen molar-refractivity contribution < 1.29 is 87.1 Å². The molecule has 3 aromatic rings. The molecular weight excluding hydrogens is 1220 g/mol. The average molecular weight is 1310 g/mol. The molecule has 0 aliphatic carbocycles. The van der Waals surface area contributed by atoms with Crippen LogP contribution in [0.4, 0.5) is 10.5 Å². The number of allylic oxidation sites excluding steroid dienone is 3. The number of fused-ring (bicyclic) bond motifs is 6. The summed E-state index contributed by atoms with van der Waals surface area (Å²) in [6.07, 6.45) is -5.18. The first kappa shape index (κ1) is 72.9. The third-order valence-electron chi connectivity index (χ3n) is 17.9. The van der Waals surface area contributed by atoms with Crippen molar-refractivity contribution in [3.63, 3.8) is 0 Å². The van der Waals surface area contributed by atoms with Gasteiger partial charge < -0.3 is 88.8 Å². The van der Waals surface area contributed by atoms with E-state index in [1.54, 1.807) is 40.0 Å². The quantitative estimate of drug-likeness (QED) is 0.0343. The molecule has 3 saturated heterocycles. The number of carbonyl (C=O) groups excluding carboxylic acids is 7. The number of methoxy groups -OCH3 is 1. The first-order valence-electron chi connectivity index (χ1n) is 31.3. The van der Waals surface area contributed by atoms with Crippen molar-refractivity contribution in [1.29, 1.82) is 0 Å². The van der Waals surface area contributed by atoms with Crippen LogP contribution in [0.3, 0.4) is 0 Å². The number of aliphatic hydroxyl groups excluding tert-OH is 3. The number of likely N-dealkylation sites (N-methyl/N-ethyl adjacent to an activating group) is 1. The number of carbonyl (C=O) groups is 7. The number of hydrogen-bond acceptors (Lipinski definition) is 19.